The number of benzene rings is 2. The van der Waals surface area contributed by atoms with Crippen molar-refractivity contribution in [1.29, 1.82) is 0 Å². The van der Waals surface area contributed by atoms with Gasteiger partial charge >= 0.3 is 0 Å². The molecule has 3 N–H and O–H groups in total. The number of nitrogens with one attached hydrogen (secondary N) is 1. The van der Waals surface area contributed by atoms with Crippen LogP contribution in [-0.4, -0.2) is 5.91 Å². The van der Waals surface area contributed by atoms with Crippen molar-refractivity contribution >= 4 is 40.5 Å². The minimum Gasteiger partial charge on any atom is -0.399 e. The average Bonchev–Trinajstić information content (AvgIpc) is 2.33. The third-order valence-electron chi connectivity index (χ3n) is 2.70. The van der Waals surface area contributed by atoms with Crippen LogP contribution in [0.1, 0.15) is 15.9 Å². The van der Waals surface area contributed by atoms with Gasteiger partial charge in [0, 0.05) is 27.0 Å². The zero-order chi connectivity index (χ0) is 14.0. The zero-order valence-corrected chi connectivity index (χ0v) is 11.7. The van der Waals surface area contributed by atoms with Crippen molar-refractivity contribution in [2.45, 2.75) is 6.92 Å². The molecule has 1 amide bonds. The molecule has 0 fully saturated rings. The van der Waals surface area contributed by atoms with Crippen LogP contribution in [0, 0.1) is 6.92 Å². The van der Waals surface area contributed by atoms with Gasteiger partial charge in [0.1, 0.15) is 0 Å². The fourth-order valence-electron chi connectivity index (χ4n) is 1.68. The van der Waals surface area contributed by atoms with Crippen molar-refractivity contribution < 1.29 is 4.79 Å². The maximum Gasteiger partial charge on any atom is 0.255 e. The van der Waals surface area contributed by atoms with Crippen molar-refractivity contribution in [2.24, 2.45) is 0 Å². The van der Waals surface area contributed by atoms with E-state index in [4.69, 9.17) is 28.9 Å². The lowest BCUT2D eigenvalue weighted by molar-refractivity contribution is 0.102. The number of hydrogen-bond acceptors (Lipinski definition) is 2. The van der Waals surface area contributed by atoms with E-state index >= 15 is 0 Å². The second-order valence-corrected chi connectivity index (χ2v) is 4.98. The molecule has 0 saturated carbocycles. The van der Waals surface area contributed by atoms with Crippen LogP contribution in [0.5, 0.6) is 0 Å². The van der Waals surface area contributed by atoms with Gasteiger partial charge in [0.15, 0.2) is 0 Å². The third kappa shape index (κ3) is 3.19. The van der Waals surface area contributed by atoms with E-state index in [-0.39, 0.29) is 5.91 Å². The van der Waals surface area contributed by atoms with Crippen molar-refractivity contribution in [3.05, 3.63) is 57.6 Å². The number of hydrogen-bond donors (Lipinski definition) is 2. The van der Waals surface area contributed by atoms with Crippen LogP contribution >= 0.6 is 23.2 Å². The molecule has 2 rings (SSSR count). The molecule has 5 heteroatoms. The number of carbonyl (C=O) groups excluding carboxylic acids is 1. The largest absolute Gasteiger partial charge is 0.399 e. The van der Waals surface area contributed by atoms with Crippen LogP contribution < -0.4 is 11.1 Å². The number of anilines is 2. The lowest BCUT2D eigenvalue weighted by atomic mass is 10.1. The molecular weight excluding hydrogens is 283 g/mol. The Balaban J connectivity index is 2.28. The van der Waals surface area contributed by atoms with Crippen LogP contribution in [0.4, 0.5) is 11.4 Å². The van der Waals surface area contributed by atoms with Gasteiger partial charge in [-0.05, 0) is 42.8 Å². The number of amides is 1. The molecule has 0 bridgehead atoms. The molecule has 3 nitrogen and oxygen atoms in total. The van der Waals surface area contributed by atoms with Gasteiger partial charge in [-0.2, -0.15) is 0 Å². The standard InChI is InChI=1S/C14H12Cl2N2O/c1-8-12(16)3-2-4-13(8)18-14(19)9-5-10(15)7-11(17)6-9/h2-7H,17H2,1H3,(H,18,19). The lowest BCUT2D eigenvalue weighted by Gasteiger charge is -2.10. The molecule has 0 heterocycles. The van der Waals surface area contributed by atoms with E-state index in [9.17, 15) is 4.79 Å². The summed E-state index contributed by atoms with van der Waals surface area (Å²) < 4.78 is 0. The summed E-state index contributed by atoms with van der Waals surface area (Å²) >= 11 is 11.9. The normalized spacial score (nSPS) is 10.3. The van der Waals surface area contributed by atoms with Crippen molar-refractivity contribution in [2.75, 3.05) is 11.1 Å². The Morgan fingerprint density at radius 2 is 1.95 bits per heavy atom. The van der Waals surface area contributed by atoms with Gasteiger partial charge in [-0.15, -0.1) is 0 Å². The summed E-state index contributed by atoms with van der Waals surface area (Å²) in [6, 6.07) is 10.0. The van der Waals surface area contributed by atoms with Crippen LogP contribution in [0.2, 0.25) is 10.0 Å². The molecule has 0 aromatic heterocycles. The first-order chi connectivity index (χ1) is 8.97. The Hall–Kier alpha value is -1.71. The van der Waals surface area contributed by atoms with Crippen LogP contribution in [-0.2, 0) is 0 Å². The Kier molecular flexibility index (Phi) is 3.98. The summed E-state index contributed by atoms with van der Waals surface area (Å²) in [7, 11) is 0. The Labute approximate surface area is 121 Å². The molecular formula is C14H12Cl2N2O. The quantitative estimate of drug-likeness (QED) is 0.818. The summed E-state index contributed by atoms with van der Waals surface area (Å²) in [4.78, 5) is 12.1. The number of nitrogens with two attached hydrogens (primary N) is 1. The molecule has 0 unspecified atom stereocenters. The molecule has 0 aliphatic rings. The Morgan fingerprint density at radius 1 is 1.21 bits per heavy atom. The van der Waals surface area contributed by atoms with Gasteiger partial charge in [0.05, 0.1) is 0 Å². The van der Waals surface area contributed by atoms with Crippen molar-refractivity contribution in [3.63, 3.8) is 0 Å². The monoisotopic (exact) mass is 294 g/mol. The minimum absolute atomic E-state index is 0.278. The second kappa shape index (κ2) is 5.51. The minimum atomic E-state index is -0.278. The third-order valence-corrected chi connectivity index (χ3v) is 3.33. The summed E-state index contributed by atoms with van der Waals surface area (Å²) in [5.74, 6) is -0.278. The zero-order valence-electron chi connectivity index (χ0n) is 10.2. The second-order valence-electron chi connectivity index (χ2n) is 4.14. The van der Waals surface area contributed by atoms with E-state index < -0.39 is 0 Å². The van der Waals surface area contributed by atoms with Gasteiger partial charge in [0.2, 0.25) is 0 Å². The summed E-state index contributed by atoms with van der Waals surface area (Å²) in [5.41, 5.74) is 7.99. The molecule has 98 valence electrons. The number of halogens is 2. The predicted molar refractivity (Wildman–Crippen MR) is 80.0 cm³/mol. The maximum absolute atomic E-state index is 12.1. The Morgan fingerprint density at radius 3 is 2.63 bits per heavy atom. The molecule has 0 spiro atoms. The van der Waals surface area contributed by atoms with Gasteiger partial charge in [-0.1, -0.05) is 29.3 Å². The highest BCUT2D eigenvalue weighted by Gasteiger charge is 2.10. The molecule has 2 aromatic carbocycles. The predicted octanol–water partition coefficient (Wildman–Crippen LogP) is 4.14. The summed E-state index contributed by atoms with van der Waals surface area (Å²) in [5, 5.41) is 3.81. The van der Waals surface area contributed by atoms with Crippen molar-refractivity contribution in [3.8, 4) is 0 Å². The highest BCUT2D eigenvalue weighted by atomic mass is 35.5. The molecule has 0 aliphatic heterocycles. The first kappa shape index (κ1) is 13.7. The van der Waals surface area contributed by atoms with E-state index in [1.165, 1.54) is 0 Å². The molecule has 0 atom stereocenters. The number of nitrogen functional groups attached to an aromatic ring is 1. The fourth-order valence-corrected chi connectivity index (χ4v) is 2.10. The highest BCUT2D eigenvalue weighted by molar-refractivity contribution is 6.32. The van der Waals surface area contributed by atoms with E-state index in [0.29, 0.717) is 27.0 Å². The van der Waals surface area contributed by atoms with E-state index in [2.05, 4.69) is 5.32 Å². The van der Waals surface area contributed by atoms with E-state index in [1.807, 2.05) is 6.92 Å². The van der Waals surface area contributed by atoms with Gasteiger partial charge in [-0.25, -0.2) is 0 Å². The van der Waals surface area contributed by atoms with Crippen LogP contribution in [0.3, 0.4) is 0 Å². The Bertz CT molecular complexity index is 621. The molecule has 0 saturated heterocycles. The van der Waals surface area contributed by atoms with E-state index in [0.717, 1.165) is 5.56 Å². The average molecular weight is 295 g/mol. The van der Waals surface area contributed by atoms with E-state index in [1.54, 1.807) is 36.4 Å². The smallest absolute Gasteiger partial charge is 0.255 e. The molecule has 19 heavy (non-hydrogen) atoms. The SMILES string of the molecule is Cc1c(Cl)cccc1NC(=O)c1cc(N)cc(Cl)c1. The van der Waals surface area contributed by atoms with Crippen LogP contribution in [0.25, 0.3) is 0 Å². The molecule has 0 aliphatic carbocycles. The fraction of sp³-hybridized carbons (Fsp3) is 0.0714. The molecule has 2 aromatic rings. The van der Waals surface area contributed by atoms with Crippen molar-refractivity contribution in [1.82, 2.24) is 0 Å². The summed E-state index contributed by atoms with van der Waals surface area (Å²) in [6.07, 6.45) is 0. The van der Waals surface area contributed by atoms with Gasteiger partial charge in [-0.3, -0.25) is 4.79 Å². The lowest BCUT2D eigenvalue weighted by Crippen LogP contribution is -2.13. The van der Waals surface area contributed by atoms with Crippen LogP contribution in [0.15, 0.2) is 36.4 Å². The highest BCUT2D eigenvalue weighted by Crippen LogP contribution is 2.24. The maximum atomic E-state index is 12.1. The topological polar surface area (TPSA) is 55.1 Å². The molecule has 0 radical (unpaired) electrons. The van der Waals surface area contributed by atoms with Gasteiger partial charge in [0.25, 0.3) is 5.91 Å². The number of rotatable bonds is 2. The number of carbonyl (C=O) groups is 1. The summed E-state index contributed by atoms with van der Waals surface area (Å²) in [6.45, 7) is 1.84. The first-order valence-corrected chi connectivity index (χ1v) is 6.35. The first-order valence-electron chi connectivity index (χ1n) is 5.60. The van der Waals surface area contributed by atoms with Gasteiger partial charge < -0.3 is 11.1 Å².